The van der Waals surface area contributed by atoms with Crippen molar-refractivity contribution in [3.63, 3.8) is 0 Å². The maximum absolute atomic E-state index is 13.9. The summed E-state index contributed by atoms with van der Waals surface area (Å²) in [4.78, 5) is 52.2. The van der Waals surface area contributed by atoms with E-state index in [9.17, 15) is 45.1 Å². The quantitative estimate of drug-likeness (QED) is 0.118. The van der Waals surface area contributed by atoms with Crippen molar-refractivity contribution in [1.29, 1.82) is 0 Å². The summed E-state index contributed by atoms with van der Waals surface area (Å²) in [6.07, 6.45) is 0. The second-order valence-corrected chi connectivity index (χ2v) is 14.3. The molecule has 0 fully saturated rings. The minimum absolute atomic E-state index is 0.185. The summed E-state index contributed by atoms with van der Waals surface area (Å²) in [6.45, 7) is 3.08. The van der Waals surface area contributed by atoms with E-state index in [0.717, 1.165) is 0 Å². The van der Waals surface area contributed by atoms with Gasteiger partial charge in [-0.25, -0.2) is 9.36 Å². The fourth-order valence-corrected chi connectivity index (χ4v) is 6.97. The average Bonchev–Trinajstić information content (AvgIpc) is 3.43. The lowest BCUT2D eigenvalue weighted by Crippen LogP contribution is -2.41. The normalized spacial score (nSPS) is 12.9. The molecule has 0 atom stereocenters. The Morgan fingerprint density at radius 3 is 1.27 bits per heavy atom. The summed E-state index contributed by atoms with van der Waals surface area (Å²) in [5.41, 5.74) is 1.84. The van der Waals surface area contributed by atoms with Crippen molar-refractivity contribution < 1.29 is 25.9 Å². The minimum atomic E-state index is -5.28. The molecule has 0 amide bonds. The Labute approximate surface area is 292 Å². The zero-order valence-electron chi connectivity index (χ0n) is 27.6. The van der Waals surface area contributed by atoms with E-state index in [2.05, 4.69) is 21.1 Å². The van der Waals surface area contributed by atoms with E-state index >= 15 is 0 Å². The standard InChI is InChI=1S/C32H28N8O10S2/c1-17-25(31(43)39(37(17)3)20-11-7-5-8-12-20)33-35-27-22(51(45,46)47)15-19-16-23(52(48,49)50)28(30(42)24(19)29(27)41)36-34-26-18(2)38(4)40(32(26)44)21-13-9-6-10-14-21/h5-16,33-34H,1-4H3,(H,45,46,47)(H,48,49,50)/b35-27-,36-28-. The van der Waals surface area contributed by atoms with Crippen molar-refractivity contribution in [2.75, 3.05) is 10.9 Å². The minimum Gasteiger partial charge on any atom is -0.287 e. The van der Waals surface area contributed by atoms with Gasteiger partial charge in [0.2, 0.25) is 10.9 Å². The van der Waals surface area contributed by atoms with E-state index < -0.39 is 73.2 Å². The number of aromatic nitrogens is 4. The largest absolute Gasteiger partial charge is 0.296 e. The lowest BCUT2D eigenvalue weighted by molar-refractivity contribution is 0.480. The maximum Gasteiger partial charge on any atom is 0.296 e. The van der Waals surface area contributed by atoms with Crippen LogP contribution in [0.5, 0.6) is 0 Å². The van der Waals surface area contributed by atoms with Gasteiger partial charge in [0.15, 0.2) is 10.7 Å². The van der Waals surface area contributed by atoms with Crippen LogP contribution in [0.1, 0.15) is 11.4 Å². The maximum atomic E-state index is 13.9. The Balaban J connectivity index is 1.60. The van der Waals surface area contributed by atoms with Crippen LogP contribution in [0.25, 0.3) is 11.4 Å². The highest BCUT2D eigenvalue weighted by Gasteiger charge is 2.24. The Kier molecular flexibility index (Phi) is 8.79. The Morgan fingerprint density at radius 1 is 0.596 bits per heavy atom. The van der Waals surface area contributed by atoms with Crippen molar-refractivity contribution in [1.82, 2.24) is 18.7 Å². The van der Waals surface area contributed by atoms with E-state index in [1.54, 1.807) is 74.8 Å². The van der Waals surface area contributed by atoms with Crippen molar-refractivity contribution in [3.05, 3.63) is 146 Å². The summed E-state index contributed by atoms with van der Waals surface area (Å²) in [5, 5.41) is 4.17. The molecule has 2 aromatic carbocycles. The molecule has 0 radical (unpaired) electrons. The molecular formula is C32H28N8O10S2. The van der Waals surface area contributed by atoms with Gasteiger partial charge in [-0.3, -0.25) is 48.5 Å². The van der Waals surface area contributed by atoms with Crippen LogP contribution in [-0.2, 0) is 34.3 Å². The van der Waals surface area contributed by atoms with Crippen LogP contribution in [0.15, 0.2) is 112 Å². The summed E-state index contributed by atoms with van der Waals surface area (Å²) in [6, 6.07) is 18.1. The van der Waals surface area contributed by atoms with Crippen LogP contribution in [0.3, 0.4) is 0 Å². The van der Waals surface area contributed by atoms with Gasteiger partial charge in [0.1, 0.15) is 21.2 Å². The van der Waals surface area contributed by atoms with Gasteiger partial charge >= 0.3 is 0 Å². The lowest BCUT2D eigenvalue weighted by Gasteiger charge is -2.07. The van der Waals surface area contributed by atoms with Crippen LogP contribution in [0.2, 0.25) is 0 Å². The number of benzene rings is 2. The number of hydrogen-bond acceptors (Lipinski definition) is 12. The molecule has 0 spiro atoms. The summed E-state index contributed by atoms with van der Waals surface area (Å²) in [5.74, 6) is 0. The molecule has 0 bridgehead atoms. The third-order valence-corrected chi connectivity index (χ3v) is 10.2. The van der Waals surface area contributed by atoms with Gasteiger partial charge in [-0.15, -0.1) is 0 Å². The van der Waals surface area contributed by atoms with E-state index in [1.807, 2.05) is 0 Å². The molecule has 20 heteroatoms. The fourth-order valence-electron chi connectivity index (χ4n) is 5.65. The molecule has 2 aliphatic rings. The Morgan fingerprint density at radius 2 is 0.942 bits per heavy atom. The zero-order chi connectivity index (χ0) is 37.9. The molecule has 4 N–H and O–H groups in total. The fraction of sp³-hybridized carbons (Fsp3) is 0.125. The number of hydrogen-bond donors (Lipinski definition) is 4. The first-order valence-electron chi connectivity index (χ1n) is 15.0. The van der Waals surface area contributed by atoms with Crippen molar-refractivity contribution >= 4 is 31.6 Å². The number of rotatable bonds is 8. The van der Waals surface area contributed by atoms with E-state index in [-0.39, 0.29) is 11.4 Å². The molecule has 52 heavy (non-hydrogen) atoms. The molecule has 268 valence electrons. The SMILES string of the molecule is Cc1c(N/N=c2/c(S(=O)(=O)O)cc3cc(S(=O)(=O)O)/c(=N/Nc4c(C)n(C)n(-c5ccccc5)c4=O)c(=O)c=3c2=O)c(=O)n(-c2ccccc2)n1C. The van der Waals surface area contributed by atoms with Gasteiger partial charge in [-0.2, -0.15) is 27.0 Å². The second kappa shape index (κ2) is 12.8. The van der Waals surface area contributed by atoms with Crippen LogP contribution in [0, 0.1) is 24.3 Å². The van der Waals surface area contributed by atoms with Gasteiger partial charge in [0, 0.05) is 14.1 Å². The first-order chi connectivity index (χ1) is 24.4. The molecular weight excluding hydrogens is 721 g/mol. The highest BCUT2D eigenvalue weighted by atomic mass is 32.2. The number of nitrogens with zero attached hydrogens (tertiary/aromatic N) is 6. The topological polar surface area (TPSA) is 246 Å². The second-order valence-electron chi connectivity index (χ2n) is 11.5. The molecule has 2 heterocycles. The van der Waals surface area contributed by atoms with Gasteiger partial charge in [0.05, 0.1) is 28.0 Å². The molecule has 6 rings (SSSR count). The van der Waals surface area contributed by atoms with Crippen molar-refractivity contribution in [2.24, 2.45) is 24.3 Å². The molecule has 2 aliphatic carbocycles. The predicted molar refractivity (Wildman–Crippen MR) is 186 cm³/mol. The van der Waals surface area contributed by atoms with Crippen LogP contribution in [0.4, 0.5) is 11.4 Å². The van der Waals surface area contributed by atoms with E-state index in [0.29, 0.717) is 34.9 Å². The molecule has 0 aliphatic heterocycles. The van der Waals surface area contributed by atoms with Crippen LogP contribution >= 0.6 is 0 Å². The molecule has 18 nitrogen and oxygen atoms in total. The molecule has 2 aromatic heterocycles. The monoisotopic (exact) mass is 748 g/mol. The first kappa shape index (κ1) is 35.6. The van der Waals surface area contributed by atoms with Crippen molar-refractivity contribution in [2.45, 2.75) is 23.6 Å². The number of nitrogens with one attached hydrogen (secondary N) is 2. The summed E-state index contributed by atoms with van der Waals surface area (Å²) >= 11 is 0. The van der Waals surface area contributed by atoms with E-state index in [1.165, 1.54) is 32.6 Å². The molecule has 0 saturated carbocycles. The van der Waals surface area contributed by atoms with Gasteiger partial charge < -0.3 is 0 Å². The van der Waals surface area contributed by atoms with Crippen molar-refractivity contribution in [3.8, 4) is 11.4 Å². The summed E-state index contributed by atoms with van der Waals surface area (Å²) in [7, 11) is -7.43. The molecule has 4 aromatic rings. The zero-order valence-corrected chi connectivity index (χ0v) is 29.2. The Bertz CT molecular complexity index is 2880. The first-order valence-corrected chi connectivity index (χ1v) is 17.9. The number of para-hydroxylation sites is 2. The number of anilines is 2. The summed E-state index contributed by atoms with van der Waals surface area (Å²) < 4.78 is 75.5. The van der Waals surface area contributed by atoms with Gasteiger partial charge in [-0.05, 0) is 55.5 Å². The van der Waals surface area contributed by atoms with Gasteiger partial charge in [-0.1, -0.05) is 36.4 Å². The molecule has 0 unspecified atom stereocenters. The third-order valence-electron chi connectivity index (χ3n) is 8.44. The van der Waals surface area contributed by atoms with Crippen LogP contribution in [-0.4, -0.2) is 44.7 Å². The predicted octanol–water partition coefficient (Wildman–Crippen LogP) is -0.0480. The van der Waals surface area contributed by atoms with Crippen LogP contribution < -0.4 is 43.5 Å². The Hall–Kier alpha value is -6.22. The smallest absolute Gasteiger partial charge is 0.287 e. The van der Waals surface area contributed by atoms with E-state index in [4.69, 9.17) is 0 Å². The lowest BCUT2D eigenvalue weighted by atomic mass is 10.1. The third kappa shape index (κ3) is 5.98. The average molecular weight is 749 g/mol. The highest BCUT2D eigenvalue weighted by molar-refractivity contribution is 7.86. The highest BCUT2D eigenvalue weighted by Crippen LogP contribution is 2.16. The van der Waals surface area contributed by atoms with Gasteiger partial charge in [0.25, 0.3) is 31.4 Å². The molecule has 0 saturated heterocycles.